The van der Waals surface area contributed by atoms with Crippen molar-refractivity contribution in [3.05, 3.63) is 64.9 Å². The molecule has 0 bridgehead atoms. The smallest absolute Gasteiger partial charge is 0.319 e. The molecule has 29 heavy (non-hydrogen) atoms. The number of halogens is 1. The van der Waals surface area contributed by atoms with Crippen molar-refractivity contribution in [2.24, 2.45) is 0 Å². The lowest BCUT2D eigenvalue weighted by Gasteiger charge is -2.16. The van der Waals surface area contributed by atoms with Gasteiger partial charge in [0.15, 0.2) is 5.82 Å². The zero-order valence-corrected chi connectivity index (χ0v) is 16.8. The van der Waals surface area contributed by atoms with Gasteiger partial charge in [0.05, 0.1) is 6.54 Å². The van der Waals surface area contributed by atoms with Gasteiger partial charge in [-0.05, 0) is 43.2 Å². The summed E-state index contributed by atoms with van der Waals surface area (Å²) in [5.41, 5.74) is 2.47. The van der Waals surface area contributed by atoms with E-state index in [0.29, 0.717) is 29.0 Å². The van der Waals surface area contributed by atoms with Crippen molar-refractivity contribution in [3.63, 3.8) is 0 Å². The summed E-state index contributed by atoms with van der Waals surface area (Å²) in [7, 11) is 0. The number of nitrogens with one attached hydrogen (secondary N) is 2. The highest BCUT2D eigenvalue weighted by Crippen LogP contribution is 2.23. The second-order valence-electron chi connectivity index (χ2n) is 7.11. The fourth-order valence-electron chi connectivity index (χ4n) is 3.40. The number of amides is 2. The number of benzene rings is 2. The monoisotopic (exact) mass is 411 g/mol. The standard InChI is InChI=1S/C21H22ClN5O2/c1-14-17(22)8-5-9-18(14)24-21(28)23-16-10-11-27(12-16)13-19-25-20(29-26-19)15-6-3-2-4-7-15/h2-9,16H,10-13H2,1H3,(H2,23,24,28)/t16-/m0/s1. The molecule has 0 aliphatic carbocycles. The van der Waals surface area contributed by atoms with Gasteiger partial charge in [-0.15, -0.1) is 0 Å². The van der Waals surface area contributed by atoms with Gasteiger partial charge < -0.3 is 15.2 Å². The van der Waals surface area contributed by atoms with Crippen molar-refractivity contribution in [1.29, 1.82) is 0 Å². The maximum Gasteiger partial charge on any atom is 0.319 e. The number of aromatic nitrogens is 2. The van der Waals surface area contributed by atoms with Crippen LogP contribution in [-0.2, 0) is 6.54 Å². The van der Waals surface area contributed by atoms with Gasteiger partial charge in [-0.25, -0.2) is 4.79 Å². The molecule has 0 unspecified atom stereocenters. The van der Waals surface area contributed by atoms with Crippen LogP contribution in [0, 0.1) is 6.92 Å². The van der Waals surface area contributed by atoms with Gasteiger partial charge in [-0.3, -0.25) is 4.90 Å². The molecule has 2 amide bonds. The van der Waals surface area contributed by atoms with Gasteiger partial charge in [-0.1, -0.05) is 41.0 Å². The van der Waals surface area contributed by atoms with Crippen molar-refractivity contribution < 1.29 is 9.32 Å². The van der Waals surface area contributed by atoms with Crippen LogP contribution in [0.2, 0.25) is 5.02 Å². The first kappa shape index (κ1) is 19.4. The SMILES string of the molecule is Cc1c(Cl)cccc1NC(=O)N[C@H]1CCN(Cc2noc(-c3ccccc3)n2)C1. The predicted molar refractivity (Wildman–Crippen MR) is 112 cm³/mol. The van der Waals surface area contributed by atoms with Crippen LogP contribution in [0.1, 0.15) is 17.8 Å². The quantitative estimate of drug-likeness (QED) is 0.660. The zero-order valence-electron chi connectivity index (χ0n) is 16.1. The topological polar surface area (TPSA) is 83.3 Å². The average Bonchev–Trinajstić information content (AvgIpc) is 3.36. The molecule has 2 N–H and O–H groups in total. The second-order valence-corrected chi connectivity index (χ2v) is 7.52. The van der Waals surface area contributed by atoms with Gasteiger partial charge in [0, 0.05) is 35.4 Å². The molecule has 1 fully saturated rings. The molecule has 1 aromatic heterocycles. The van der Waals surface area contributed by atoms with Crippen LogP contribution in [0.25, 0.3) is 11.5 Å². The normalized spacial score (nSPS) is 16.7. The summed E-state index contributed by atoms with van der Waals surface area (Å²) in [4.78, 5) is 19.0. The number of nitrogens with zero attached hydrogens (tertiary/aromatic N) is 3. The summed E-state index contributed by atoms with van der Waals surface area (Å²) < 4.78 is 5.36. The number of anilines is 1. The molecular formula is C21H22ClN5O2. The highest BCUT2D eigenvalue weighted by atomic mass is 35.5. The first-order chi connectivity index (χ1) is 14.1. The summed E-state index contributed by atoms with van der Waals surface area (Å²) in [5.74, 6) is 1.16. The Morgan fingerprint density at radius 2 is 2.07 bits per heavy atom. The Kier molecular flexibility index (Phi) is 5.78. The summed E-state index contributed by atoms with van der Waals surface area (Å²) in [6, 6.07) is 15.0. The molecule has 3 aromatic rings. The Balaban J connectivity index is 1.29. The number of carbonyl (C=O) groups excluding carboxylic acids is 1. The Hall–Kier alpha value is -2.90. The van der Waals surface area contributed by atoms with E-state index in [0.717, 1.165) is 30.6 Å². The van der Waals surface area contributed by atoms with Gasteiger partial charge in [-0.2, -0.15) is 4.98 Å². The molecule has 8 heteroatoms. The molecule has 0 radical (unpaired) electrons. The first-order valence-corrected chi connectivity index (χ1v) is 9.89. The van der Waals surface area contributed by atoms with Crippen LogP contribution in [-0.4, -0.2) is 40.2 Å². The first-order valence-electron chi connectivity index (χ1n) is 9.51. The molecular weight excluding hydrogens is 390 g/mol. The molecule has 2 aromatic carbocycles. The Labute approximate surface area is 174 Å². The lowest BCUT2D eigenvalue weighted by Crippen LogP contribution is -2.39. The molecule has 150 valence electrons. The lowest BCUT2D eigenvalue weighted by molar-refractivity contribution is 0.247. The summed E-state index contributed by atoms with van der Waals surface area (Å²) in [6.45, 7) is 4.06. The number of urea groups is 1. The third kappa shape index (κ3) is 4.75. The average molecular weight is 412 g/mol. The number of hydrogen-bond acceptors (Lipinski definition) is 5. The third-order valence-corrected chi connectivity index (χ3v) is 5.39. The maximum absolute atomic E-state index is 12.3. The summed E-state index contributed by atoms with van der Waals surface area (Å²) in [5, 5.41) is 10.6. The number of rotatable bonds is 5. The second kappa shape index (κ2) is 8.63. The largest absolute Gasteiger partial charge is 0.334 e. The van der Waals surface area contributed by atoms with E-state index in [9.17, 15) is 4.79 Å². The lowest BCUT2D eigenvalue weighted by atomic mass is 10.2. The molecule has 2 heterocycles. The van der Waals surface area contributed by atoms with Crippen LogP contribution in [0.4, 0.5) is 10.5 Å². The third-order valence-electron chi connectivity index (χ3n) is 4.98. The van der Waals surface area contributed by atoms with Crippen LogP contribution in [0.5, 0.6) is 0 Å². The molecule has 7 nitrogen and oxygen atoms in total. The number of carbonyl (C=O) groups is 1. The summed E-state index contributed by atoms with van der Waals surface area (Å²) >= 11 is 6.11. The Morgan fingerprint density at radius 3 is 2.90 bits per heavy atom. The van der Waals surface area contributed by atoms with Gasteiger partial charge in [0.1, 0.15) is 0 Å². The van der Waals surface area contributed by atoms with Gasteiger partial charge in [0.2, 0.25) is 0 Å². The van der Waals surface area contributed by atoms with Crippen molar-refractivity contribution in [3.8, 4) is 11.5 Å². The predicted octanol–water partition coefficient (Wildman–Crippen LogP) is 4.09. The van der Waals surface area contributed by atoms with Crippen LogP contribution in [0.3, 0.4) is 0 Å². The molecule has 1 saturated heterocycles. The highest BCUT2D eigenvalue weighted by Gasteiger charge is 2.25. The summed E-state index contributed by atoms with van der Waals surface area (Å²) in [6.07, 6.45) is 0.866. The van der Waals surface area contributed by atoms with Crippen molar-refractivity contribution in [2.75, 3.05) is 18.4 Å². The zero-order chi connectivity index (χ0) is 20.2. The van der Waals surface area contributed by atoms with Crippen molar-refractivity contribution in [2.45, 2.75) is 25.9 Å². The van der Waals surface area contributed by atoms with Crippen molar-refractivity contribution in [1.82, 2.24) is 20.4 Å². The van der Waals surface area contributed by atoms with Crippen LogP contribution >= 0.6 is 11.6 Å². The van der Waals surface area contributed by atoms with E-state index < -0.39 is 0 Å². The molecule has 0 saturated carbocycles. The van der Waals surface area contributed by atoms with Gasteiger partial charge >= 0.3 is 6.03 Å². The van der Waals surface area contributed by atoms with E-state index >= 15 is 0 Å². The fraction of sp³-hybridized carbons (Fsp3) is 0.286. The minimum absolute atomic E-state index is 0.0648. The minimum atomic E-state index is -0.229. The highest BCUT2D eigenvalue weighted by molar-refractivity contribution is 6.31. The number of hydrogen-bond donors (Lipinski definition) is 2. The van der Waals surface area contributed by atoms with E-state index in [1.807, 2.05) is 49.4 Å². The Bertz CT molecular complexity index is 992. The number of likely N-dealkylation sites (tertiary alicyclic amines) is 1. The fourth-order valence-corrected chi connectivity index (χ4v) is 3.57. The van der Waals surface area contributed by atoms with Crippen LogP contribution in [0.15, 0.2) is 53.1 Å². The molecule has 1 atom stereocenters. The van der Waals surface area contributed by atoms with E-state index in [4.69, 9.17) is 16.1 Å². The van der Waals surface area contributed by atoms with Crippen LogP contribution < -0.4 is 10.6 Å². The minimum Gasteiger partial charge on any atom is -0.334 e. The van der Waals surface area contributed by atoms with E-state index in [1.54, 1.807) is 6.07 Å². The maximum atomic E-state index is 12.3. The molecule has 0 spiro atoms. The molecule has 1 aliphatic rings. The molecule has 4 rings (SSSR count). The van der Waals surface area contributed by atoms with Gasteiger partial charge in [0.25, 0.3) is 5.89 Å². The Morgan fingerprint density at radius 1 is 1.24 bits per heavy atom. The molecule has 1 aliphatic heterocycles. The van der Waals surface area contributed by atoms with E-state index in [1.165, 1.54) is 0 Å². The van der Waals surface area contributed by atoms with E-state index in [-0.39, 0.29) is 12.1 Å². The van der Waals surface area contributed by atoms with Crippen molar-refractivity contribution >= 4 is 23.3 Å². The van der Waals surface area contributed by atoms with E-state index in [2.05, 4.69) is 25.7 Å².